The van der Waals surface area contributed by atoms with Crippen molar-refractivity contribution in [1.82, 2.24) is 15.1 Å². The highest BCUT2D eigenvalue weighted by atomic mass is 32.1. The molecule has 6 nitrogen and oxygen atoms in total. The lowest BCUT2D eigenvalue weighted by Crippen LogP contribution is -2.41. The van der Waals surface area contributed by atoms with Gasteiger partial charge in [-0.15, -0.1) is 11.3 Å². The number of hydrogen-bond donors (Lipinski definition) is 1. The monoisotopic (exact) mass is 539 g/mol. The van der Waals surface area contributed by atoms with E-state index >= 15 is 0 Å². The first-order valence-corrected chi connectivity index (χ1v) is 15.1. The van der Waals surface area contributed by atoms with Gasteiger partial charge in [-0.05, 0) is 102 Å². The molecule has 0 saturated carbocycles. The molecule has 0 unspecified atom stereocenters. The SMILES string of the molecule is CCCc1cc(-c2ccc(C3CCN(C(C)C)CC3)cc2)sc1C(=O)N1CC[C@H](NC(=O)OC(C)(C)C)C1. The number of aryl methyl sites for hydroxylation is 1. The Morgan fingerprint density at radius 2 is 1.76 bits per heavy atom. The second-order valence-corrected chi connectivity index (χ2v) is 13.2. The highest BCUT2D eigenvalue weighted by Gasteiger charge is 2.31. The molecule has 3 heterocycles. The average Bonchev–Trinajstić information content (AvgIpc) is 3.50. The van der Waals surface area contributed by atoms with E-state index in [4.69, 9.17) is 4.74 Å². The Morgan fingerprint density at radius 1 is 1.08 bits per heavy atom. The standard InChI is InChI=1S/C31H45N3O3S/c1-7-8-25-19-27(24-11-9-22(10-12-24)23-13-16-33(17-14-23)21(2)3)38-28(25)29(35)34-18-15-26(20-34)32-30(36)37-31(4,5)6/h9-12,19,21,23,26H,7-8,13-18,20H2,1-6H3,(H,32,36)/t26-/m0/s1. The topological polar surface area (TPSA) is 61.9 Å². The summed E-state index contributed by atoms with van der Waals surface area (Å²) in [5, 5.41) is 2.93. The molecule has 7 heteroatoms. The normalized spacial score (nSPS) is 19.2. The fourth-order valence-electron chi connectivity index (χ4n) is 5.56. The summed E-state index contributed by atoms with van der Waals surface area (Å²) >= 11 is 1.61. The third-order valence-electron chi connectivity index (χ3n) is 7.65. The summed E-state index contributed by atoms with van der Waals surface area (Å²) in [6.07, 6.45) is 4.63. The third kappa shape index (κ3) is 7.17. The Labute approximate surface area is 232 Å². The fourth-order valence-corrected chi connectivity index (χ4v) is 6.74. The molecule has 38 heavy (non-hydrogen) atoms. The molecule has 1 atom stereocenters. The number of carbonyl (C=O) groups excluding carboxylic acids is 2. The van der Waals surface area contributed by atoms with E-state index in [1.54, 1.807) is 11.3 Å². The van der Waals surface area contributed by atoms with Gasteiger partial charge < -0.3 is 19.9 Å². The molecule has 1 aromatic heterocycles. The summed E-state index contributed by atoms with van der Waals surface area (Å²) in [5.74, 6) is 0.708. The average molecular weight is 540 g/mol. The molecule has 2 aliphatic heterocycles. The summed E-state index contributed by atoms with van der Waals surface area (Å²) in [5.41, 5.74) is 3.20. The van der Waals surface area contributed by atoms with E-state index in [1.165, 1.54) is 37.1 Å². The zero-order valence-electron chi connectivity index (χ0n) is 24.0. The molecule has 2 aliphatic rings. The van der Waals surface area contributed by atoms with Crippen LogP contribution in [-0.2, 0) is 11.2 Å². The van der Waals surface area contributed by atoms with Gasteiger partial charge in [0.25, 0.3) is 5.91 Å². The van der Waals surface area contributed by atoms with Crippen molar-refractivity contribution in [2.45, 2.75) is 97.2 Å². The maximum atomic E-state index is 13.6. The number of nitrogens with one attached hydrogen (secondary N) is 1. The molecule has 2 fully saturated rings. The van der Waals surface area contributed by atoms with Crippen LogP contribution in [-0.4, -0.2) is 65.7 Å². The van der Waals surface area contributed by atoms with Crippen LogP contribution in [0.1, 0.15) is 93.9 Å². The second kappa shape index (κ2) is 12.2. The number of carbonyl (C=O) groups is 2. The number of benzene rings is 1. The molecular formula is C31H45N3O3S. The van der Waals surface area contributed by atoms with Gasteiger partial charge in [0, 0.05) is 24.0 Å². The number of amides is 2. The fraction of sp³-hybridized carbons (Fsp3) is 0.613. The highest BCUT2D eigenvalue weighted by molar-refractivity contribution is 7.17. The molecule has 1 N–H and O–H groups in total. The van der Waals surface area contributed by atoms with Crippen LogP contribution in [0.3, 0.4) is 0 Å². The number of alkyl carbamates (subject to hydrolysis) is 1. The first-order valence-electron chi connectivity index (χ1n) is 14.3. The van der Waals surface area contributed by atoms with Crippen LogP contribution >= 0.6 is 11.3 Å². The predicted molar refractivity (Wildman–Crippen MR) is 156 cm³/mol. The van der Waals surface area contributed by atoms with Crippen molar-refractivity contribution < 1.29 is 14.3 Å². The van der Waals surface area contributed by atoms with E-state index in [0.717, 1.165) is 34.6 Å². The van der Waals surface area contributed by atoms with Crippen molar-refractivity contribution >= 4 is 23.3 Å². The largest absolute Gasteiger partial charge is 0.444 e. The third-order valence-corrected chi connectivity index (χ3v) is 8.86. The van der Waals surface area contributed by atoms with Crippen LogP contribution in [0, 0.1) is 0 Å². The van der Waals surface area contributed by atoms with Crippen LogP contribution in [0.2, 0.25) is 0 Å². The molecule has 2 saturated heterocycles. The molecule has 1 aromatic carbocycles. The minimum absolute atomic E-state index is 0.0757. The van der Waals surface area contributed by atoms with Crippen molar-refractivity contribution in [3.8, 4) is 10.4 Å². The van der Waals surface area contributed by atoms with Gasteiger partial charge in [0.1, 0.15) is 5.60 Å². The second-order valence-electron chi connectivity index (χ2n) is 12.1. The Hall–Kier alpha value is -2.38. The molecule has 0 aliphatic carbocycles. The van der Waals surface area contributed by atoms with Crippen molar-refractivity contribution in [1.29, 1.82) is 0 Å². The van der Waals surface area contributed by atoms with Crippen LogP contribution < -0.4 is 5.32 Å². The van der Waals surface area contributed by atoms with Crippen LogP contribution in [0.4, 0.5) is 4.79 Å². The smallest absolute Gasteiger partial charge is 0.407 e. The summed E-state index contributed by atoms with van der Waals surface area (Å²) in [6, 6.07) is 11.8. The molecule has 0 spiro atoms. The van der Waals surface area contributed by atoms with Crippen molar-refractivity contribution in [2.24, 2.45) is 0 Å². The maximum Gasteiger partial charge on any atom is 0.407 e. The Balaban J connectivity index is 1.42. The van der Waals surface area contributed by atoms with E-state index in [9.17, 15) is 9.59 Å². The van der Waals surface area contributed by atoms with Gasteiger partial charge in [0.05, 0.1) is 10.9 Å². The molecule has 2 aromatic rings. The first-order chi connectivity index (χ1) is 18.0. The number of nitrogens with zero attached hydrogens (tertiary/aromatic N) is 2. The van der Waals surface area contributed by atoms with Gasteiger partial charge in [-0.2, -0.15) is 0 Å². The lowest BCUT2D eigenvalue weighted by molar-refractivity contribution is 0.0502. The molecule has 4 rings (SSSR count). The quantitative estimate of drug-likeness (QED) is 0.426. The van der Waals surface area contributed by atoms with Gasteiger partial charge in [-0.1, -0.05) is 37.6 Å². The zero-order chi connectivity index (χ0) is 27.4. The molecule has 0 bridgehead atoms. The summed E-state index contributed by atoms with van der Waals surface area (Å²) in [4.78, 5) is 32.2. The molecule has 0 radical (unpaired) electrons. The van der Waals surface area contributed by atoms with E-state index in [2.05, 4.69) is 61.3 Å². The number of hydrogen-bond acceptors (Lipinski definition) is 5. The van der Waals surface area contributed by atoms with Crippen LogP contribution in [0.25, 0.3) is 10.4 Å². The van der Waals surface area contributed by atoms with E-state index in [1.807, 2.05) is 25.7 Å². The van der Waals surface area contributed by atoms with Crippen LogP contribution in [0.5, 0.6) is 0 Å². The number of rotatable bonds is 7. The number of likely N-dealkylation sites (tertiary alicyclic amines) is 2. The summed E-state index contributed by atoms with van der Waals surface area (Å²) in [7, 11) is 0. The van der Waals surface area contributed by atoms with Crippen molar-refractivity contribution in [2.75, 3.05) is 26.2 Å². The zero-order valence-corrected chi connectivity index (χ0v) is 24.8. The number of thiophene rings is 1. The Bertz CT molecular complexity index is 1090. The van der Waals surface area contributed by atoms with E-state index in [0.29, 0.717) is 25.0 Å². The minimum Gasteiger partial charge on any atom is -0.444 e. The van der Waals surface area contributed by atoms with Crippen molar-refractivity contribution in [3.63, 3.8) is 0 Å². The van der Waals surface area contributed by atoms with E-state index in [-0.39, 0.29) is 11.9 Å². The lowest BCUT2D eigenvalue weighted by Gasteiger charge is -2.34. The number of ether oxygens (including phenoxy) is 1. The maximum absolute atomic E-state index is 13.6. The summed E-state index contributed by atoms with van der Waals surface area (Å²) in [6.45, 7) is 15.8. The van der Waals surface area contributed by atoms with Crippen LogP contribution in [0.15, 0.2) is 30.3 Å². The predicted octanol–water partition coefficient (Wildman–Crippen LogP) is 6.69. The van der Waals surface area contributed by atoms with Gasteiger partial charge in [-0.3, -0.25) is 4.79 Å². The Kier molecular flexibility index (Phi) is 9.19. The Morgan fingerprint density at radius 3 is 2.37 bits per heavy atom. The van der Waals surface area contributed by atoms with Gasteiger partial charge in [0.2, 0.25) is 0 Å². The van der Waals surface area contributed by atoms with Gasteiger partial charge in [0.15, 0.2) is 0 Å². The molecule has 2 amide bonds. The minimum atomic E-state index is -0.538. The summed E-state index contributed by atoms with van der Waals surface area (Å²) < 4.78 is 5.39. The molecule has 208 valence electrons. The lowest BCUT2D eigenvalue weighted by atomic mass is 9.88. The highest BCUT2D eigenvalue weighted by Crippen LogP contribution is 2.36. The molecular weight excluding hydrogens is 494 g/mol. The van der Waals surface area contributed by atoms with E-state index < -0.39 is 11.7 Å². The van der Waals surface area contributed by atoms with Gasteiger partial charge in [-0.25, -0.2) is 4.79 Å². The number of piperidine rings is 1. The van der Waals surface area contributed by atoms with Crippen molar-refractivity contribution in [3.05, 3.63) is 46.3 Å². The first kappa shape index (κ1) is 28.6. The van der Waals surface area contributed by atoms with Gasteiger partial charge >= 0.3 is 6.09 Å².